The Kier molecular flexibility index (Phi) is 3.58. The highest BCUT2D eigenvalue weighted by molar-refractivity contribution is 7.20. The Balaban J connectivity index is 1.56. The van der Waals surface area contributed by atoms with Gasteiger partial charge in [0.2, 0.25) is 16.9 Å². The molecule has 0 aliphatic carbocycles. The molecule has 31 heavy (non-hydrogen) atoms. The number of methoxy groups -OCH3 is 1. The van der Waals surface area contributed by atoms with E-state index in [-0.39, 0.29) is 18.2 Å². The van der Waals surface area contributed by atoms with Crippen LogP contribution >= 0.6 is 11.3 Å². The molecule has 9 heteroatoms. The summed E-state index contributed by atoms with van der Waals surface area (Å²) >= 11 is 1.44. The second-order valence-corrected chi connectivity index (χ2v) is 8.67. The van der Waals surface area contributed by atoms with Crippen LogP contribution in [0.1, 0.15) is 17.5 Å². The maximum Gasteiger partial charge on any atom is 0.242 e. The fraction of sp³-hybridized carbons (Fsp3) is 0.182. The van der Waals surface area contributed by atoms with Gasteiger partial charge >= 0.3 is 0 Å². The van der Waals surface area contributed by atoms with Crippen LogP contribution in [0.25, 0.3) is 15.3 Å². The molecule has 0 radical (unpaired) electrons. The molecule has 8 nitrogen and oxygen atoms in total. The molecule has 4 aromatic rings. The standard InChI is InChI=1S/C22H17N5O3S/c1-26-16-6-4-3-5-13(16)22(20(26)29)10-18(28)25-19-14(22)11-23-27(19)21-24-15-8-7-12(30-2)9-17(15)31-21/h3-9,11H,10H2,1-2H3,(H,25,28)/t22-/m1/s1. The quantitative estimate of drug-likeness (QED) is 0.527. The Hall–Kier alpha value is -3.72. The first-order chi connectivity index (χ1) is 15.0. The number of carbonyl (C=O) groups excluding carboxylic acids is 2. The summed E-state index contributed by atoms with van der Waals surface area (Å²) in [6.45, 7) is 0. The van der Waals surface area contributed by atoms with Gasteiger partial charge in [-0.2, -0.15) is 9.78 Å². The summed E-state index contributed by atoms with van der Waals surface area (Å²) in [6, 6.07) is 13.3. The molecular formula is C22H17N5O3S. The molecule has 0 bridgehead atoms. The fourth-order valence-corrected chi connectivity index (χ4v) is 5.58. The molecular weight excluding hydrogens is 414 g/mol. The van der Waals surface area contributed by atoms with E-state index in [9.17, 15) is 9.59 Å². The Bertz CT molecular complexity index is 1410. The normalized spacial score (nSPS) is 19.6. The number of amides is 2. The summed E-state index contributed by atoms with van der Waals surface area (Å²) < 4.78 is 7.86. The van der Waals surface area contributed by atoms with E-state index >= 15 is 0 Å². The van der Waals surface area contributed by atoms with Crippen molar-refractivity contribution in [1.29, 1.82) is 0 Å². The smallest absolute Gasteiger partial charge is 0.242 e. The number of likely N-dealkylation sites (N-methyl/N-ethyl adjacent to an activating group) is 1. The first-order valence-electron chi connectivity index (χ1n) is 9.74. The minimum Gasteiger partial charge on any atom is -0.497 e. The van der Waals surface area contributed by atoms with E-state index in [0.29, 0.717) is 16.5 Å². The first-order valence-corrected chi connectivity index (χ1v) is 10.6. The number of para-hydroxylation sites is 1. The number of hydrogen-bond acceptors (Lipinski definition) is 6. The average Bonchev–Trinajstić information content (AvgIpc) is 3.45. The van der Waals surface area contributed by atoms with E-state index in [0.717, 1.165) is 27.2 Å². The van der Waals surface area contributed by atoms with Crippen molar-refractivity contribution in [3.63, 3.8) is 0 Å². The van der Waals surface area contributed by atoms with Gasteiger partial charge in [-0.25, -0.2) is 4.98 Å². The minimum absolute atomic E-state index is 0.0446. The van der Waals surface area contributed by atoms with Gasteiger partial charge in [0.05, 0.1) is 23.5 Å². The second kappa shape index (κ2) is 6.14. The molecule has 0 saturated carbocycles. The fourth-order valence-electron chi connectivity index (χ4n) is 4.62. The van der Waals surface area contributed by atoms with Crippen LogP contribution in [0.15, 0.2) is 48.7 Å². The van der Waals surface area contributed by atoms with Gasteiger partial charge in [0.1, 0.15) is 17.0 Å². The highest BCUT2D eigenvalue weighted by Crippen LogP contribution is 2.52. The van der Waals surface area contributed by atoms with Crippen LogP contribution in [0.4, 0.5) is 11.5 Å². The number of carbonyl (C=O) groups is 2. The van der Waals surface area contributed by atoms with Crippen molar-refractivity contribution in [2.75, 3.05) is 24.4 Å². The van der Waals surface area contributed by atoms with E-state index < -0.39 is 5.41 Å². The number of nitrogens with one attached hydrogen (secondary N) is 1. The molecule has 1 N–H and O–H groups in total. The van der Waals surface area contributed by atoms with Crippen molar-refractivity contribution >= 4 is 44.9 Å². The molecule has 0 saturated heterocycles. The number of ether oxygens (including phenoxy) is 1. The third-order valence-electron chi connectivity index (χ3n) is 6.07. The second-order valence-electron chi connectivity index (χ2n) is 7.66. The number of rotatable bonds is 2. The summed E-state index contributed by atoms with van der Waals surface area (Å²) in [5.41, 5.74) is 2.05. The Morgan fingerprint density at radius 3 is 2.84 bits per heavy atom. The summed E-state index contributed by atoms with van der Waals surface area (Å²) in [6.07, 6.45) is 1.72. The van der Waals surface area contributed by atoms with E-state index in [4.69, 9.17) is 4.74 Å². The van der Waals surface area contributed by atoms with Crippen LogP contribution in [-0.2, 0) is 15.0 Å². The molecule has 2 aromatic carbocycles. The largest absolute Gasteiger partial charge is 0.497 e. The van der Waals surface area contributed by atoms with Gasteiger partial charge in [-0.05, 0) is 29.8 Å². The summed E-state index contributed by atoms with van der Waals surface area (Å²) in [5.74, 6) is 0.878. The van der Waals surface area contributed by atoms with Crippen LogP contribution in [0.3, 0.4) is 0 Å². The maximum absolute atomic E-state index is 13.5. The van der Waals surface area contributed by atoms with E-state index in [1.54, 1.807) is 29.9 Å². The van der Waals surface area contributed by atoms with Crippen LogP contribution in [-0.4, -0.2) is 40.7 Å². The number of aromatic nitrogens is 3. The van der Waals surface area contributed by atoms with E-state index in [2.05, 4.69) is 15.4 Å². The van der Waals surface area contributed by atoms with Crippen LogP contribution in [0, 0.1) is 0 Å². The van der Waals surface area contributed by atoms with Gasteiger partial charge in [0, 0.05) is 24.7 Å². The van der Waals surface area contributed by atoms with Crippen molar-refractivity contribution in [3.8, 4) is 10.9 Å². The molecule has 4 heterocycles. The average molecular weight is 431 g/mol. The molecule has 1 spiro atoms. The summed E-state index contributed by atoms with van der Waals surface area (Å²) in [5, 5.41) is 8.07. The summed E-state index contributed by atoms with van der Waals surface area (Å²) in [7, 11) is 3.36. The third-order valence-corrected chi connectivity index (χ3v) is 7.07. The Morgan fingerprint density at radius 1 is 1.16 bits per heavy atom. The van der Waals surface area contributed by atoms with Crippen LogP contribution in [0.5, 0.6) is 5.75 Å². The van der Waals surface area contributed by atoms with Crippen molar-refractivity contribution in [2.45, 2.75) is 11.8 Å². The predicted octanol–water partition coefficient (Wildman–Crippen LogP) is 3.10. The van der Waals surface area contributed by atoms with Crippen molar-refractivity contribution < 1.29 is 14.3 Å². The molecule has 1 atom stereocenters. The number of nitrogens with zero attached hydrogens (tertiary/aromatic N) is 4. The zero-order chi connectivity index (χ0) is 21.3. The third kappa shape index (κ3) is 2.29. The van der Waals surface area contributed by atoms with E-state index in [1.807, 2.05) is 42.5 Å². The highest BCUT2D eigenvalue weighted by atomic mass is 32.1. The van der Waals surface area contributed by atoms with Crippen LogP contribution in [0.2, 0.25) is 0 Å². The molecule has 2 aliphatic rings. The lowest BCUT2D eigenvalue weighted by Crippen LogP contribution is -2.45. The number of fused-ring (bicyclic) bond motifs is 5. The van der Waals surface area contributed by atoms with E-state index in [1.165, 1.54) is 11.3 Å². The van der Waals surface area contributed by atoms with Crippen LogP contribution < -0.4 is 15.0 Å². The molecule has 0 unspecified atom stereocenters. The lowest BCUT2D eigenvalue weighted by molar-refractivity contribution is -0.126. The highest BCUT2D eigenvalue weighted by Gasteiger charge is 2.56. The van der Waals surface area contributed by atoms with Gasteiger partial charge < -0.3 is 15.0 Å². The lowest BCUT2D eigenvalue weighted by Gasteiger charge is -2.31. The number of hydrogen-bond donors (Lipinski definition) is 1. The minimum atomic E-state index is -1.08. The predicted molar refractivity (Wildman–Crippen MR) is 117 cm³/mol. The SMILES string of the molecule is COc1ccc2nc(-n3ncc4c3NC(=O)C[C@]43C(=O)N(C)c4ccccc43)sc2c1. The van der Waals surface area contributed by atoms with Crippen molar-refractivity contribution in [3.05, 3.63) is 59.8 Å². The van der Waals surface area contributed by atoms with Gasteiger partial charge in [-0.1, -0.05) is 29.5 Å². The monoisotopic (exact) mass is 431 g/mol. The zero-order valence-corrected chi connectivity index (χ0v) is 17.6. The molecule has 154 valence electrons. The summed E-state index contributed by atoms with van der Waals surface area (Å²) in [4.78, 5) is 32.6. The molecule has 2 aromatic heterocycles. The topological polar surface area (TPSA) is 89.3 Å². The number of thiazole rings is 1. The Morgan fingerprint density at radius 2 is 2.00 bits per heavy atom. The van der Waals surface area contributed by atoms with Gasteiger partial charge in [0.15, 0.2) is 0 Å². The molecule has 2 aliphatic heterocycles. The molecule has 2 amide bonds. The molecule has 0 fully saturated rings. The van der Waals surface area contributed by atoms with Crippen molar-refractivity contribution in [1.82, 2.24) is 14.8 Å². The number of benzene rings is 2. The van der Waals surface area contributed by atoms with Gasteiger partial charge in [-0.3, -0.25) is 9.59 Å². The molecule has 6 rings (SSSR count). The van der Waals surface area contributed by atoms with Gasteiger partial charge in [-0.15, -0.1) is 0 Å². The van der Waals surface area contributed by atoms with Gasteiger partial charge in [0.25, 0.3) is 0 Å². The zero-order valence-electron chi connectivity index (χ0n) is 16.7. The lowest BCUT2D eigenvalue weighted by atomic mass is 9.72. The number of anilines is 2. The Labute approximate surface area is 181 Å². The first kappa shape index (κ1) is 18.1. The maximum atomic E-state index is 13.5. The van der Waals surface area contributed by atoms with Crippen molar-refractivity contribution in [2.24, 2.45) is 0 Å².